The summed E-state index contributed by atoms with van der Waals surface area (Å²) in [5.41, 5.74) is 1.91. The maximum Gasteiger partial charge on any atom is 0.408 e. The summed E-state index contributed by atoms with van der Waals surface area (Å²) in [7, 11) is 0. The van der Waals surface area contributed by atoms with Gasteiger partial charge >= 0.3 is 6.09 Å². The van der Waals surface area contributed by atoms with Crippen LogP contribution in [0.1, 0.15) is 37.9 Å². The Morgan fingerprint density at radius 3 is 2.72 bits per heavy atom. The van der Waals surface area contributed by atoms with Crippen molar-refractivity contribution < 1.29 is 9.53 Å². The van der Waals surface area contributed by atoms with E-state index in [4.69, 9.17) is 4.74 Å². The lowest BCUT2D eigenvalue weighted by Crippen LogP contribution is -2.36. The first kappa shape index (κ1) is 13.3. The normalized spacial score (nSPS) is 22.4. The number of ether oxygens (including phenoxy) is 1. The lowest BCUT2D eigenvalue weighted by atomic mass is 10.1. The average molecular weight is 265 g/mol. The maximum atomic E-state index is 11.8. The molecule has 1 aliphatic rings. The highest BCUT2D eigenvalue weighted by atomic mass is 32.1. The first-order valence-electron chi connectivity index (χ1n) is 6.12. The Labute approximate surface area is 113 Å². The molecule has 1 aliphatic carbocycles. The Morgan fingerprint density at radius 2 is 2.06 bits per heavy atom. The van der Waals surface area contributed by atoms with Gasteiger partial charge in [-0.3, -0.25) is 0 Å². The number of rotatable bonds is 1. The molecule has 1 N–H and O–H groups in total. The van der Waals surface area contributed by atoms with Crippen LogP contribution in [0.4, 0.5) is 4.79 Å². The summed E-state index contributed by atoms with van der Waals surface area (Å²) in [6.45, 7) is 5.56. The minimum Gasteiger partial charge on any atom is -0.444 e. The van der Waals surface area contributed by atoms with Crippen LogP contribution in [0.15, 0.2) is 24.3 Å². The van der Waals surface area contributed by atoms with Crippen LogP contribution in [0.2, 0.25) is 0 Å². The van der Waals surface area contributed by atoms with Crippen LogP contribution in [-0.2, 0) is 11.2 Å². The fourth-order valence-corrected chi connectivity index (χ4v) is 2.61. The highest BCUT2D eigenvalue weighted by Crippen LogP contribution is 2.34. The number of hydrogen-bond acceptors (Lipinski definition) is 3. The Hall–Kier alpha value is -1.16. The molecule has 0 unspecified atom stereocenters. The van der Waals surface area contributed by atoms with Gasteiger partial charge < -0.3 is 10.1 Å². The van der Waals surface area contributed by atoms with E-state index in [2.05, 4.69) is 24.0 Å². The van der Waals surface area contributed by atoms with Gasteiger partial charge in [-0.2, -0.15) is 12.6 Å². The van der Waals surface area contributed by atoms with E-state index in [1.165, 1.54) is 5.56 Å². The molecule has 2 rings (SSSR count). The molecular formula is C14H19NO2S. The molecule has 0 saturated carbocycles. The molecule has 2 atom stereocenters. The van der Waals surface area contributed by atoms with Crippen molar-refractivity contribution in [2.24, 2.45) is 0 Å². The van der Waals surface area contributed by atoms with Crippen LogP contribution >= 0.6 is 12.6 Å². The molecule has 0 heterocycles. The van der Waals surface area contributed by atoms with Crippen molar-refractivity contribution in [3.8, 4) is 0 Å². The van der Waals surface area contributed by atoms with E-state index in [0.717, 1.165) is 12.0 Å². The molecule has 0 aliphatic heterocycles. The zero-order chi connectivity index (χ0) is 13.3. The predicted octanol–water partition coefficient (Wildman–Crippen LogP) is 3.11. The fourth-order valence-electron chi connectivity index (χ4n) is 2.18. The number of alkyl carbamates (subject to hydrolysis) is 1. The molecule has 0 bridgehead atoms. The maximum absolute atomic E-state index is 11.8. The van der Waals surface area contributed by atoms with E-state index in [1.54, 1.807) is 0 Å². The van der Waals surface area contributed by atoms with Crippen molar-refractivity contribution in [2.75, 3.05) is 0 Å². The summed E-state index contributed by atoms with van der Waals surface area (Å²) in [4.78, 5) is 11.8. The molecule has 0 fully saturated rings. The lowest BCUT2D eigenvalue weighted by Gasteiger charge is -2.23. The summed E-state index contributed by atoms with van der Waals surface area (Å²) in [5, 5.41) is 3.01. The van der Waals surface area contributed by atoms with Crippen LogP contribution < -0.4 is 5.32 Å². The van der Waals surface area contributed by atoms with Crippen molar-refractivity contribution in [1.29, 1.82) is 0 Å². The van der Waals surface area contributed by atoms with Crippen molar-refractivity contribution in [1.82, 2.24) is 5.32 Å². The van der Waals surface area contributed by atoms with Gasteiger partial charge in [-0.05, 0) is 38.3 Å². The predicted molar refractivity (Wildman–Crippen MR) is 75.0 cm³/mol. The lowest BCUT2D eigenvalue weighted by molar-refractivity contribution is 0.0505. The summed E-state index contributed by atoms with van der Waals surface area (Å²) in [6.07, 6.45) is 0.489. The fraction of sp³-hybridized carbons (Fsp3) is 0.500. The molecule has 1 aromatic rings. The van der Waals surface area contributed by atoms with Crippen LogP contribution in [0.3, 0.4) is 0 Å². The molecule has 4 heteroatoms. The van der Waals surface area contributed by atoms with Gasteiger partial charge in [0.05, 0.1) is 6.04 Å². The van der Waals surface area contributed by atoms with E-state index in [-0.39, 0.29) is 17.4 Å². The Bertz CT molecular complexity index is 453. The number of fused-ring (bicyclic) bond motifs is 1. The third kappa shape index (κ3) is 2.99. The first-order chi connectivity index (χ1) is 8.37. The zero-order valence-corrected chi connectivity index (χ0v) is 11.8. The highest BCUT2D eigenvalue weighted by Gasteiger charge is 2.32. The Balaban J connectivity index is 2.08. The number of carbonyl (C=O) groups excluding carboxylic acids is 1. The number of hydrogen-bond donors (Lipinski definition) is 2. The van der Waals surface area contributed by atoms with Gasteiger partial charge in [0.15, 0.2) is 0 Å². The van der Waals surface area contributed by atoms with Gasteiger partial charge in [-0.1, -0.05) is 24.3 Å². The molecule has 0 saturated heterocycles. The van der Waals surface area contributed by atoms with Crippen molar-refractivity contribution in [2.45, 2.75) is 44.1 Å². The molecule has 1 amide bonds. The van der Waals surface area contributed by atoms with Gasteiger partial charge in [0.25, 0.3) is 0 Å². The molecule has 0 aromatic heterocycles. The number of nitrogens with one attached hydrogen (secondary N) is 1. The smallest absolute Gasteiger partial charge is 0.408 e. The SMILES string of the molecule is CC(C)(C)OC(=O)N[C@H]1c2ccccc2C[C@@H]1S. The monoisotopic (exact) mass is 265 g/mol. The molecular weight excluding hydrogens is 246 g/mol. The van der Waals surface area contributed by atoms with Crippen LogP contribution in [0.5, 0.6) is 0 Å². The van der Waals surface area contributed by atoms with Gasteiger partial charge in [0, 0.05) is 5.25 Å². The van der Waals surface area contributed by atoms with Crippen LogP contribution in [0.25, 0.3) is 0 Å². The molecule has 1 aromatic carbocycles. The minimum absolute atomic E-state index is 0.0700. The quantitative estimate of drug-likeness (QED) is 0.766. The average Bonchev–Trinajstić information content (AvgIpc) is 2.53. The second-order valence-electron chi connectivity index (χ2n) is 5.59. The summed E-state index contributed by atoms with van der Waals surface area (Å²) < 4.78 is 5.28. The standard InChI is InChI=1S/C14H19NO2S/c1-14(2,3)17-13(16)15-12-10-7-5-4-6-9(10)8-11(12)18/h4-7,11-12,18H,8H2,1-3H3,(H,15,16)/t11-,12-/m0/s1. The molecule has 18 heavy (non-hydrogen) atoms. The summed E-state index contributed by atoms with van der Waals surface area (Å²) in [5.74, 6) is 0. The molecule has 3 nitrogen and oxygen atoms in total. The van der Waals surface area contributed by atoms with Gasteiger partial charge in [-0.15, -0.1) is 0 Å². The highest BCUT2D eigenvalue weighted by molar-refractivity contribution is 7.81. The van der Waals surface area contributed by atoms with E-state index in [0.29, 0.717) is 0 Å². The van der Waals surface area contributed by atoms with Crippen LogP contribution in [0, 0.1) is 0 Å². The zero-order valence-electron chi connectivity index (χ0n) is 10.9. The molecule has 98 valence electrons. The van der Waals surface area contributed by atoms with E-state index in [1.807, 2.05) is 39.0 Å². The van der Waals surface area contributed by atoms with Crippen molar-refractivity contribution >= 4 is 18.7 Å². The summed E-state index contributed by atoms with van der Waals surface area (Å²) in [6, 6.07) is 8.03. The van der Waals surface area contributed by atoms with E-state index >= 15 is 0 Å². The first-order valence-corrected chi connectivity index (χ1v) is 6.64. The Morgan fingerprint density at radius 1 is 1.39 bits per heavy atom. The molecule has 0 spiro atoms. The van der Waals surface area contributed by atoms with Crippen molar-refractivity contribution in [3.63, 3.8) is 0 Å². The van der Waals surface area contributed by atoms with Crippen LogP contribution in [-0.4, -0.2) is 16.9 Å². The van der Waals surface area contributed by atoms with Crippen molar-refractivity contribution in [3.05, 3.63) is 35.4 Å². The number of carbonyl (C=O) groups is 1. The largest absolute Gasteiger partial charge is 0.444 e. The number of thiol groups is 1. The topological polar surface area (TPSA) is 38.3 Å². The van der Waals surface area contributed by atoms with E-state index in [9.17, 15) is 4.79 Å². The molecule has 0 radical (unpaired) electrons. The number of amides is 1. The number of benzene rings is 1. The van der Waals surface area contributed by atoms with Gasteiger partial charge in [-0.25, -0.2) is 4.79 Å². The van der Waals surface area contributed by atoms with Gasteiger partial charge in [0.2, 0.25) is 0 Å². The summed E-state index contributed by atoms with van der Waals surface area (Å²) >= 11 is 4.55. The Kier molecular flexibility index (Phi) is 3.57. The third-order valence-electron chi connectivity index (χ3n) is 2.88. The minimum atomic E-state index is -0.478. The second-order valence-corrected chi connectivity index (χ2v) is 6.26. The van der Waals surface area contributed by atoms with E-state index < -0.39 is 5.60 Å². The van der Waals surface area contributed by atoms with Gasteiger partial charge in [0.1, 0.15) is 5.60 Å². The second kappa shape index (κ2) is 4.84. The third-order valence-corrected chi connectivity index (χ3v) is 3.36.